The first kappa shape index (κ1) is 14.4. The third-order valence-corrected chi connectivity index (χ3v) is 4.11. The zero-order chi connectivity index (χ0) is 12.8. The molecule has 1 saturated heterocycles. The van der Waals surface area contributed by atoms with E-state index in [1.807, 2.05) is 4.90 Å². The number of carboxylic acid groups (broad SMARTS) is 1. The molecule has 1 amide bonds. The number of carboxylic acids is 1. The molecule has 4 nitrogen and oxygen atoms in total. The van der Waals surface area contributed by atoms with Crippen molar-refractivity contribution >= 4 is 23.6 Å². The monoisotopic (exact) mass is 259 g/mol. The lowest BCUT2D eigenvalue weighted by Gasteiger charge is -2.39. The van der Waals surface area contributed by atoms with Crippen LogP contribution in [-0.4, -0.2) is 45.5 Å². The Hall–Kier alpha value is -0.710. The molecule has 0 saturated carbocycles. The minimum absolute atomic E-state index is 0.128. The molecule has 5 heteroatoms. The largest absolute Gasteiger partial charge is 0.481 e. The van der Waals surface area contributed by atoms with Crippen molar-refractivity contribution in [3.63, 3.8) is 0 Å². The van der Waals surface area contributed by atoms with Gasteiger partial charge in [-0.2, -0.15) is 11.8 Å². The molecular weight excluding hydrogens is 238 g/mol. The second-order valence-electron chi connectivity index (χ2n) is 4.63. The Morgan fingerprint density at radius 1 is 1.29 bits per heavy atom. The van der Waals surface area contributed by atoms with Gasteiger partial charge >= 0.3 is 5.97 Å². The minimum atomic E-state index is -0.801. The predicted octanol–water partition coefficient (Wildman–Crippen LogP) is 1.98. The van der Waals surface area contributed by atoms with E-state index in [9.17, 15) is 9.59 Å². The number of nitrogens with zero attached hydrogens (tertiary/aromatic N) is 1. The molecule has 98 valence electrons. The summed E-state index contributed by atoms with van der Waals surface area (Å²) in [4.78, 5) is 24.3. The summed E-state index contributed by atoms with van der Waals surface area (Å²) in [5, 5.41) is 8.50. The van der Waals surface area contributed by atoms with E-state index < -0.39 is 5.97 Å². The van der Waals surface area contributed by atoms with Crippen LogP contribution in [0.2, 0.25) is 0 Å². The van der Waals surface area contributed by atoms with E-state index in [0.717, 1.165) is 12.8 Å². The Balaban J connectivity index is 2.32. The Bertz CT molecular complexity index is 273. The third kappa shape index (κ3) is 4.58. The van der Waals surface area contributed by atoms with Crippen molar-refractivity contribution in [1.29, 1.82) is 0 Å². The Morgan fingerprint density at radius 3 is 2.41 bits per heavy atom. The molecule has 1 rings (SSSR count). The molecule has 0 aromatic heterocycles. The van der Waals surface area contributed by atoms with Crippen LogP contribution in [0.5, 0.6) is 0 Å². The Labute approximate surface area is 107 Å². The molecule has 0 bridgehead atoms. The normalized spacial score (nSPS) is 24.7. The summed E-state index contributed by atoms with van der Waals surface area (Å²) in [6, 6.07) is 0.651. The number of aliphatic carboxylic acids is 1. The number of likely N-dealkylation sites (tertiary alicyclic amines) is 1. The summed E-state index contributed by atoms with van der Waals surface area (Å²) in [7, 11) is 0. The van der Waals surface area contributed by atoms with E-state index in [1.165, 1.54) is 18.2 Å². The first-order chi connectivity index (χ1) is 8.02. The average molecular weight is 259 g/mol. The van der Waals surface area contributed by atoms with Gasteiger partial charge in [-0.25, -0.2) is 0 Å². The van der Waals surface area contributed by atoms with Crippen molar-refractivity contribution in [1.82, 2.24) is 4.90 Å². The van der Waals surface area contributed by atoms with Crippen molar-refractivity contribution in [2.75, 3.05) is 11.5 Å². The summed E-state index contributed by atoms with van der Waals surface area (Å²) in [5.74, 6) is 0.268. The second-order valence-corrected chi connectivity index (χ2v) is 5.73. The molecule has 1 aliphatic heterocycles. The molecule has 0 aliphatic carbocycles. The smallest absolute Gasteiger partial charge is 0.304 e. The SMILES string of the molecule is CC1CCCC(C)N1C(=O)CSCCC(=O)O. The van der Waals surface area contributed by atoms with E-state index >= 15 is 0 Å². The van der Waals surface area contributed by atoms with Crippen molar-refractivity contribution in [2.45, 2.75) is 51.6 Å². The van der Waals surface area contributed by atoms with Crippen LogP contribution >= 0.6 is 11.8 Å². The molecule has 0 aromatic rings. The maximum absolute atomic E-state index is 12.0. The number of thioether (sulfide) groups is 1. The maximum atomic E-state index is 12.0. The fraction of sp³-hybridized carbons (Fsp3) is 0.833. The van der Waals surface area contributed by atoms with Gasteiger partial charge in [0.05, 0.1) is 12.2 Å². The molecule has 1 aliphatic rings. The summed E-state index contributed by atoms with van der Waals surface area (Å²) < 4.78 is 0. The van der Waals surface area contributed by atoms with E-state index in [1.54, 1.807) is 0 Å². The highest BCUT2D eigenvalue weighted by atomic mass is 32.2. The van der Waals surface area contributed by atoms with Gasteiger partial charge in [-0.1, -0.05) is 0 Å². The molecule has 1 fully saturated rings. The molecule has 1 N–H and O–H groups in total. The summed E-state index contributed by atoms with van der Waals surface area (Å²) >= 11 is 1.42. The topological polar surface area (TPSA) is 57.6 Å². The highest BCUT2D eigenvalue weighted by Gasteiger charge is 2.28. The van der Waals surface area contributed by atoms with Crippen LogP contribution in [0.4, 0.5) is 0 Å². The number of rotatable bonds is 5. The molecule has 0 radical (unpaired) electrons. The minimum Gasteiger partial charge on any atom is -0.481 e. The van der Waals surface area contributed by atoms with Gasteiger partial charge in [0.25, 0.3) is 0 Å². The fourth-order valence-corrected chi connectivity index (χ4v) is 3.09. The van der Waals surface area contributed by atoms with Crippen LogP contribution < -0.4 is 0 Å². The van der Waals surface area contributed by atoms with Crippen molar-refractivity contribution in [3.8, 4) is 0 Å². The van der Waals surface area contributed by atoms with Gasteiger partial charge in [-0.3, -0.25) is 9.59 Å². The lowest BCUT2D eigenvalue weighted by molar-refractivity contribution is -0.137. The Morgan fingerprint density at radius 2 is 1.88 bits per heavy atom. The number of hydrogen-bond donors (Lipinski definition) is 1. The van der Waals surface area contributed by atoms with E-state index in [0.29, 0.717) is 23.6 Å². The van der Waals surface area contributed by atoms with Crippen LogP contribution in [0.3, 0.4) is 0 Å². The lowest BCUT2D eigenvalue weighted by Crippen LogP contribution is -2.48. The quantitative estimate of drug-likeness (QED) is 0.767. The molecule has 1 heterocycles. The van der Waals surface area contributed by atoms with Gasteiger partial charge < -0.3 is 10.0 Å². The van der Waals surface area contributed by atoms with Crippen molar-refractivity contribution in [2.24, 2.45) is 0 Å². The van der Waals surface area contributed by atoms with Crippen molar-refractivity contribution in [3.05, 3.63) is 0 Å². The van der Waals surface area contributed by atoms with E-state index in [4.69, 9.17) is 5.11 Å². The highest BCUT2D eigenvalue weighted by molar-refractivity contribution is 7.99. The van der Waals surface area contributed by atoms with E-state index in [2.05, 4.69) is 13.8 Å². The number of carbonyl (C=O) groups excluding carboxylic acids is 1. The standard InChI is InChI=1S/C12H21NO3S/c1-9-4-3-5-10(2)13(9)11(14)8-17-7-6-12(15)16/h9-10H,3-8H2,1-2H3,(H,15,16). The van der Waals surface area contributed by atoms with Crippen LogP contribution in [0.1, 0.15) is 39.5 Å². The summed E-state index contributed by atoms with van der Waals surface area (Å²) in [6.45, 7) is 4.19. The van der Waals surface area contributed by atoms with Gasteiger partial charge in [-0.15, -0.1) is 0 Å². The predicted molar refractivity (Wildman–Crippen MR) is 69.2 cm³/mol. The zero-order valence-corrected chi connectivity index (χ0v) is 11.3. The number of amides is 1. The van der Waals surface area contributed by atoms with Crippen molar-refractivity contribution < 1.29 is 14.7 Å². The lowest BCUT2D eigenvalue weighted by atomic mass is 9.98. The molecule has 17 heavy (non-hydrogen) atoms. The van der Waals surface area contributed by atoms with Gasteiger partial charge in [0.2, 0.25) is 5.91 Å². The van der Waals surface area contributed by atoms with Crippen LogP contribution in [0.15, 0.2) is 0 Å². The first-order valence-corrected chi connectivity index (χ1v) is 7.28. The maximum Gasteiger partial charge on any atom is 0.304 e. The fourth-order valence-electron chi connectivity index (χ4n) is 2.31. The molecule has 2 atom stereocenters. The van der Waals surface area contributed by atoms with Gasteiger partial charge in [0.1, 0.15) is 0 Å². The van der Waals surface area contributed by atoms with Gasteiger partial charge in [0, 0.05) is 17.8 Å². The third-order valence-electron chi connectivity index (χ3n) is 3.17. The molecule has 2 unspecified atom stereocenters. The number of carbonyl (C=O) groups is 2. The van der Waals surface area contributed by atoms with Crippen LogP contribution in [0.25, 0.3) is 0 Å². The van der Waals surface area contributed by atoms with E-state index in [-0.39, 0.29) is 12.3 Å². The van der Waals surface area contributed by atoms with Gasteiger partial charge in [-0.05, 0) is 33.1 Å². The second kappa shape index (κ2) is 6.89. The molecule has 0 aromatic carbocycles. The number of hydrogen-bond acceptors (Lipinski definition) is 3. The Kier molecular flexibility index (Phi) is 5.82. The average Bonchev–Trinajstić information content (AvgIpc) is 2.24. The molecule has 0 spiro atoms. The summed E-state index contributed by atoms with van der Waals surface area (Å²) in [6.07, 6.45) is 3.48. The molecular formula is C12H21NO3S. The zero-order valence-electron chi connectivity index (χ0n) is 10.5. The van der Waals surface area contributed by atoms with Gasteiger partial charge in [0.15, 0.2) is 0 Å². The highest BCUT2D eigenvalue weighted by Crippen LogP contribution is 2.23. The summed E-state index contributed by atoms with van der Waals surface area (Å²) in [5.41, 5.74) is 0. The van der Waals surface area contributed by atoms with Crippen LogP contribution in [0, 0.1) is 0 Å². The first-order valence-electron chi connectivity index (χ1n) is 6.13. The number of piperidine rings is 1. The van der Waals surface area contributed by atoms with Crippen LogP contribution in [-0.2, 0) is 9.59 Å².